The Morgan fingerprint density at radius 1 is 1.25 bits per heavy atom. The van der Waals surface area contributed by atoms with Crippen molar-refractivity contribution in [3.63, 3.8) is 0 Å². The molecule has 1 amide bonds. The predicted molar refractivity (Wildman–Crippen MR) is 98.9 cm³/mol. The van der Waals surface area contributed by atoms with Gasteiger partial charge in [-0.3, -0.25) is 9.59 Å². The van der Waals surface area contributed by atoms with Crippen LogP contribution in [0.15, 0.2) is 41.4 Å². The molecule has 7 nitrogen and oxygen atoms in total. The minimum atomic E-state index is -0.608. The third-order valence-electron chi connectivity index (χ3n) is 4.04. The molecule has 0 N–H and O–H groups in total. The number of carbonyl (C=O) groups excluding carboxylic acids is 2. The predicted octanol–water partition coefficient (Wildman–Crippen LogP) is 2.87. The number of rotatable bonds is 4. The Balaban J connectivity index is 1.84. The second-order valence-electron chi connectivity index (χ2n) is 5.88. The summed E-state index contributed by atoms with van der Waals surface area (Å²) in [5.41, 5.74) is 0.780. The average molecular weight is 402 g/mol. The first-order valence-electron chi connectivity index (χ1n) is 8.48. The molecule has 0 atom stereocenters. The van der Waals surface area contributed by atoms with Gasteiger partial charge in [-0.2, -0.15) is 4.99 Å². The number of carbonyl (C=O) groups is 2. The minimum Gasteiger partial charge on any atom is -0.465 e. The van der Waals surface area contributed by atoms with Crippen molar-refractivity contribution in [3.05, 3.63) is 52.6 Å². The van der Waals surface area contributed by atoms with E-state index in [4.69, 9.17) is 14.2 Å². The third kappa shape index (κ3) is 3.48. The van der Waals surface area contributed by atoms with Gasteiger partial charge >= 0.3 is 5.97 Å². The van der Waals surface area contributed by atoms with E-state index in [1.807, 2.05) is 0 Å². The van der Waals surface area contributed by atoms with Crippen LogP contribution in [0.3, 0.4) is 0 Å². The maximum atomic E-state index is 13.4. The van der Waals surface area contributed by atoms with E-state index < -0.39 is 17.7 Å². The first-order chi connectivity index (χ1) is 13.5. The average Bonchev–Trinajstić information content (AvgIpc) is 3.24. The van der Waals surface area contributed by atoms with Crippen LogP contribution in [0.25, 0.3) is 10.2 Å². The van der Waals surface area contributed by atoms with Crippen LogP contribution in [0.5, 0.6) is 11.5 Å². The summed E-state index contributed by atoms with van der Waals surface area (Å²) in [6.07, 6.45) is 0. The van der Waals surface area contributed by atoms with Gasteiger partial charge in [-0.15, -0.1) is 0 Å². The van der Waals surface area contributed by atoms with E-state index in [0.29, 0.717) is 21.8 Å². The number of esters is 1. The maximum Gasteiger partial charge on any atom is 0.326 e. The van der Waals surface area contributed by atoms with Gasteiger partial charge in [0.05, 0.1) is 16.8 Å². The van der Waals surface area contributed by atoms with Gasteiger partial charge in [-0.1, -0.05) is 17.4 Å². The van der Waals surface area contributed by atoms with Crippen LogP contribution in [0.1, 0.15) is 17.3 Å². The molecule has 3 aromatic rings. The number of halogens is 1. The highest BCUT2D eigenvalue weighted by atomic mass is 32.1. The molecular weight excluding hydrogens is 387 g/mol. The normalized spacial score (nSPS) is 13.1. The molecule has 1 aromatic heterocycles. The number of fused-ring (bicyclic) bond motifs is 2. The Labute approximate surface area is 162 Å². The highest BCUT2D eigenvalue weighted by Crippen LogP contribution is 2.37. The van der Waals surface area contributed by atoms with E-state index in [0.717, 1.165) is 10.8 Å². The van der Waals surface area contributed by atoms with Crippen molar-refractivity contribution >= 4 is 33.4 Å². The molecule has 0 saturated carbocycles. The van der Waals surface area contributed by atoms with Gasteiger partial charge < -0.3 is 18.8 Å². The number of nitrogens with zero attached hydrogens (tertiary/aromatic N) is 2. The van der Waals surface area contributed by atoms with Gasteiger partial charge in [0.15, 0.2) is 16.3 Å². The number of amides is 1. The van der Waals surface area contributed by atoms with Gasteiger partial charge in [0, 0.05) is 17.7 Å². The van der Waals surface area contributed by atoms with Crippen LogP contribution in [-0.2, 0) is 16.1 Å². The lowest BCUT2D eigenvalue weighted by atomic mass is 10.2. The number of hydrogen-bond donors (Lipinski definition) is 0. The monoisotopic (exact) mass is 402 g/mol. The van der Waals surface area contributed by atoms with E-state index in [1.165, 1.54) is 29.5 Å². The van der Waals surface area contributed by atoms with Gasteiger partial charge in [0.25, 0.3) is 5.91 Å². The molecular formula is C19H15FN2O5S. The second-order valence-corrected chi connectivity index (χ2v) is 6.89. The van der Waals surface area contributed by atoms with E-state index >= 15 is 0 Å². The van der Waals surface area contributed by atoms with Crippen LogP contribution in [-0.4, -0.2) is 29.8 Å². The fraction of sp³-hybridized carbons (Fsp3) is 0.211. The SMILES string of the molecule is CCOC(=O)Cn1c(=NC(=O)c2cccc(F)c2)sc2cc3c(cc21)OCO3. The Kier molecular flexibility index (Phi) is 4.82. The second kappa shape index (κ2) is 7.43. The molecule has 0 spiro atoms. The lowest BCUT2D eigenvalue weighted by Gasteiger charge is -2.05. The largest absolute Gasteiger partial charge is 0.465 e. The summed E-state index contributed by atoms with van der Waals surface area (Å²) in [6, 6.07) is 8.79. The Morgan fingerprint density at radius 2 is 2.04 bits per heavy atom. The van der Waals surface area contributed by atoms with E-state index in [2.05, 4.69) is 4.99 Å². The summed E-state index contributed by atoms with van der Waals surface area (Å²) in [7, 11) is 0. The van der Waals surface area contributed by atoms with Crippen LogP contribution < -0.4 is 14.3 Å². The molecule has 0 bridgehead atoms. The van der Waals surface area contributed by atoms with Crippen molar-refractivity contribution in [1.29, 1.82) is 0 Å². The zero-order chi connectivity index (χ0) is 19.7. The smallest absolute Gasteiger partial charge is 0.326 e. The van der Waals surface area contributed by atoms with Crippen LogP contribution in [0, 0.1) is 5.82 Å². The number of aromatic nitrogens is 1. The molecule has 9 heteroatoms. The molecule has 28 heavy (non-hydrogen) atoms. The molecule has 1 aliphatic heterocycles. The molecule has 144 valence electrons. The van der Waals surface area contributed by atoms with Crippen molar-refractivity contribution in [2.75, 3.05) is 13.4 Å². The Hall–Kier alpha value is -3.20. The highest BCUT2D eigenvalue weighted by molar-refractivity contribution is 7.16. The number of benzene rings is 2. The number of ether oxygens (including phenoxy) is 3. The fourth-order valence-corrected chi connectivity index (χ4v) is 3.84. The maximum absolute atomic E-state index is 13.4. The van der Waals surface area contributed by atoms with Crippen molar-refractivity contribution in [3.8, 4) is 11.5 Å². The van der Waals surface area contributed by atoms with Crippen molar-refractivity contribution < 1.29 is 28.2 Å². The molecule has 0 radical (unpaired) electrons. The molecule has 0 aliphatic carbocycles. The topological polar surface area (TPSA) is 79.1 Å². The van der Waals surface area contributed by atoms with Crippen LogP contribution in [0.4, 0.5) is 4.39 Å². The summed E-state index contributed by atoms with van der Waals surface area (Å²) >= 11 is 1.22. The van der Waals surface area contributed by atoms with Gasteiger partial charge in [0.2, 0.25) is 6.79 Å². The zero-order valence-electron chi connectivity index (χ0n) is 14.8. The Morgan fingerprint density at radius 3 is 2.79 bits per heavy atom. The standard InChI is InChI=1S/C19H15FN2O5S/c1-2-25-17(23)9-22-13-7-14-15(27-10-26-14)8-16(13)28-19(22)21-18(24)11-4-3-5-12(20)6-11/h3-8H,2,9-10H2,1H3. The van der Waals surface area contributed by atoms with Crippen LogP contribution in [0.2, 0.25) is 0 Å². The lowest BCUT2D eigenvalue weighted by Crippen LogP contribution is -2.23. The quantitative estimate of drug-likeness (QED) is 0.627. The van der Waals surface area contributed by atoms with E-state index in [9.17, 15) is 14.0 Å². The van der Waals surface area contributed by atoms with Gasteiger partial charge in [-0.05, 0) is 25.1 Å². The molecule has 2 aromatic carbocycles. The van der Waals surface area contributed by atoms with Crippen molar-refractivity contribution in [2.24, 2.45) is 4.99 Å². The molecule has 2 heterocycles. The first kappa shape index (κ1) is 18.2. The van der Waals surface area contributed by atoms with Gasteiger partial charge in [-0.25, -0.2) is 4.39 Å². The fourth-order valence-electron chi connectivity index (χ4n) is 2.81. The summed E-state index contributed by atoms with van der Waals surface area (Å²) < 4.78 is 31.6. The lowest BCUT2D eigenvalue weighted by molar-refractivity contribution is -0.143. The molecule has 4 rings (SSSR count). The van der Waals surface area contributed by atoms with E-state index in [1.54, 1.807) is 23.6 Å². The molecule has 0 saturated heterocycles. The zero-order valence-corrected chi connectivity index (χ0v) is 15.6. The van der Waals surface area contributed by atoms with Crippen molar-refractivity contribution in [1.82, 2.24) is 4.57 Å². The minimum absolute atomic E-state index is 0.120. The third-order valence-corrected chi connectivity index (χ3v) is 5.08. The molecule has 0 fully saturated rings. The Bertz CT molecular complexity index is 1150. The van der Waals surface area contributed by atoms with Gasteiger partial charge in [0.1, 0.15) is 12.4 Å². The summed E-state index contributed by atoms with van der Waals surface area (Å²) in [5, 5.41) is 0. The number of thiazole rings is 1. The summed E-state index contributed by atoms with van der Waals surface area (Å²) in [4.78, 5) is 29.0. The molecule has 0 unspecified atom stereocenters. The van der Waals surface area contributed by atoms with Crippen LogP contribution >= 0.6 is 11.3 Å². The summed E-state index contributed by atoms with van der Waals surface area (Å²) in [5.74, 6) is -0.461. The first-order valence-corrected chi connectivity index (χ1v) is 9.30. The highest BCUT2D eigenvalue weighted by Gasteiger charge is 2.19. The summed E-state index contributed by atoms with van der Waals surface area (Å²) in [6.45, 7) is 1.95. The number of hydrogen-bond acceptors (Lipinski definition) is 6. The van der Waals surface area contributed by atoms with E-state index in [-0.39, 0.29) is 25.5 Å². The van der Waals surface area contributed by atoms with Crippen molar-refractivity contribution in [2.45, 2.75) is 13.5 Å². The molecule has 1 aliphatic rings.